The van der Waals surface area contributed by atoms with Gasteiger partial charge in [-0.3, -0.25) is 4.79 Å². The van der Waals surface area contributed by atoms with Gasteiger partial charge in [-0.25, -0.2) is 0 Å². The molecule has 0 spiro atoms. The van der Waals surface area contributed by atoms with Crippen LogP contribution in [0.15, 0.2) is 24.3 Å². The number of unbranched alkanes of at least 4 members (excludes halogenated alkanes) is 1. The van der Waals surface area contributed by atoms with Crippen molar-refractivity contribution < 1.29 is 14.3 Å². The highest BCUT2D eigenvalue weighted by Crippen LogP contribution is 2.14. The van der Waals surface area contributed by atoms with Crippen molar-refractivity contribution in [3.8, 4) is 0 Å². The zero-order valence-corrected chi connectivity index (χ0v) is 14.5. The molecule has 0 aliphatic rings. The normalized spacial score (nSPS) is 11.6. The van der Waals surface area contributed by atoms with Crippen LogP contribution in [0.3, 0.4) is 0 Å². The maximum atomic E-state index is 12.1. The Balaban J connectivity index is 2.31. The number of ether oxygens (including phenoxy) is 2. The third-order valence-corrected chi connectivity index (χ3v) is 3.24. The summed E-state index contributed by atoms with van der Waals surface area (Å²) in [6, 6.07) is 7.75. The third kappa shape index (κ3) is 8.30. The second kappa shape index (κ2) is 9.75. The van der Waals surface area contributed by atoms with Crippen molar-refractivity contribution in [1.82, 2.24) is 0 Å². The molecule has 0 atom stereocenters. The SMILES string of the molecule is CCCOCCCCC(=O)c1ccc(COC(C)(C)C)cc1. The van der Waals surface area contributed by atoms with Gasteiger partial charge in [-0.2, -0.15) is 0 Å². The van der Waals surface area contributed by atoms with Gasteiger partial charge < -0.3 is 9.47 Å². The summed E-state index contributed by atoms with van der Waals surface area (Å²) in [6.07, 6.45) is 3.47. The van der Waals surface area contributed by atoms with Crippen molar-refractivity contribution in [1.29, 1.82) is 0 Å². The van der Waals surface area contributed by atoms with E-state index in [1.165, 1.54) is 0 Å². The summed E-state index contributed by atoms with van der Waals surface area (Å²) < 4.78 is 11.1. The Morgan fingerprint density at radius 2 is 1.73 bits per heavy atom. The van der Waals surface area contributed by atoms with Crippen LogP contribution in [0, 0.1) is 0 Å². The molecule has 0 saturated heterocycles. The van der Waals surface area contributed by atoms with Crippen LogP contribution in [0.1, 0.15) is 69.3 Å². The van der Waals surface area contributed by atoms with E-state index in [1.54, 1.807) is 0 Å². The predicted octanol–water partition coefficient (Wildman–Crippen LogP) is 4.78. The molecule has 1 aromatic rings. The molecule has 0 fully saturated rings. The predicted molar refractivity (Wildman–Crippen MR) is 90.3 cm³/mol. The van der Waals surface area contributed by atoms with Crippen LogP contribution in [0.4, 0.5) is 0 Å². The molecule has 0 aliphatic carbocycles. The number of hydrogen-bond donors (Lipinski definition) is 0. The monoisotopic (exact) mass is 306 g/mol. The Hall–Kier alpha value is -1.19. The molecule has 124 valence electrons. The van der Waals surface area contributed by atoms with E-state index in [9.17, 15) is 4.79 Å². The molecule has 3 heteroatoms. The molecule has 0 aliphatic heterocycles. The van der Waals surface area contributed by atoms with Crippen LogP contribution in [0.2, 0.25) is 0 Å². The highest BCUT2D eigenvalue weighted by molar-refractivity contribution is 5.96. The second-order valence-corrected chi connectivity index (χ2v) is 6.59. The Labute approximate surface area is 135 Å². The van der Waals surface area contributed by atoms with Crippen LogP contribution in [-0.4, -0.2) is 24.6 Å². The fourth-order valence-corrected chi connectivity index (χ4v) is 1.97. The number of benzene rings is 1. The molecular weight excluding hydrogens is 276 g/mol. The highest BCUT2D eigenvalue weighted by atomic mass is 16.5. The van der Waals surface area contributed by atoms with Gasteiger partial charge >= 0.3 is 0 Å². The molecule has 0 bridgehead atoms. The number of Topliss-reactive ketones (excluding diaryl/α,β-unsaturated/α-hetero) is 1. The maximum Gasteiger partial charge on any atom is 0.162 e. The summed E-state index contributed by atoms with van der Waals surface area (Å²) in [4.78, 5) is 12.1. The quantitative estimate of drug-likeness (QED) is 0.461. The van der Waals surface area contributed by atoms with E-state index >= 15 is 0 Å². The largest absolute Gasteiger partial charge is 0.381 e. The van der Waals surface area contributed by atoms with E-state index in [0.717, 1.165) is 43.6 Å². The Kier molecular flexibility index (Phi) is 8.36. The number of rotatable bonds is 10. The van der Waals surface area contributed by atoms with Gasteiger partial charge in [0.15, 0.2) is 5.78 Å². The molecule has 3 nitrogen and oxygen atoms in total. The molecule has 0 heterocycles. The van der Waals surface area contributed by atoms with Crippen molar-refractivity contribution in [2.75, 3.05) is 13.2 Å². The molecule has 0 N–H and O–H groups in total. The lowest BCUT2D eigenvalue weighted by atomic mass is 10.0. The average Bonchev–Trinajstić information content (AvgIpc) is 2.48. The lowest BCUT2D eigenvalue weighted by molar-refractivity contribution is -0.0149. The van der Waals surface area contributed by atoms with Crippen LogP contribution >= 0.6 is 0 Å². The minimum Gasteiger partial charge on any atom is -0.381 e. The zero-order chi connectivity index (χ0) is 16.4. The summed E-state index contributed by atoms with van der Waals surface area (Å²) in [5.41, 5.74) is 1.74. The number of carbonyl (C=O) groups is 1. The molecule has 0 aromatic heterocycles. The fourth-order valence-electron chi connectivity index (χ4n) is 1.97. The van der Waals surface area contributed by atoms with Crippen molar-refractivity contribution in [3.63, 3.8) is 0 Å². The summed E-state index contributed by atoms with van der Waals surface area (Å²) >= 11 is 0. The molecule has 0 unspecified atom stereocenters. The van der Waals surface area contributed by atoms with Gasteiger partial charge in [-0.05, 0) is 45.6 Å². The van der Waals surface area contributed by atoms with E-state index < -0.39 is 0 Å². The van der Waals surface area contributed by atoms with Gasteiger partial charge in [0.25, 0.3) is 0 Å². The molecule has 0 radical (unpaired) electrons. The van der Waals surface area contributed by atoms with Gasteiger partial charge in [-0.1, -0.05) is 31.2 Å². The first kappa shape index (κ1) is 18.9. The minimum absolute atomic E-state index is 0.145. The zero-order valence-electron chi connectivity index (χ0n) is 14.5. The fraction of sp³-hybridized carbons (Fsp3) is 0.632. The highest BCUT2D eigenvalue weighted by Gasteiger charge is 2.10. The van der Waals surface area contributed by atoms with E-state index in [2.05, 4.69) is 6.92 Å². The van der Waals surface area contributed by atoms with E-state index in [4.69, 9.17) is 9.47 Å². The third-order valence-electron chi connectivity index (χ3n) is 3.24. The van der Waals surface area contributed by atoms with Crippen molar-refractivity contribution in [2.24, 2.45) is 0 Å². The smallest absolute Gasteiger partial charge is 0.162 e. The molecule has 1 rings (SSSR count). The van der Waals surface area contributed by atoms with Gasteiger partial charge in [0.05, 0.1) is 12.2 Å². The molecule has 0 amide bonds. The van der Waals surface area contributed by atoms with Crippen molar-refractivity contribution in [2.45, 2.75) is 65.6 Å². The molecule has 1 aromatic carbocycles. The van der Waals surface area contributed by atoms with Crippen LogP contribution in [0.25, 0.3) is 0 Å². The minimum atomic E-state index is -0.145. The first-order chi connectivity index (χ1) is 10.4. The van der Waals surface area contributed by atoms with E-state index in [-0.39, 0.29) is 11.4 Å². The van der Waals surface area contributed by atoms with Crippen molar-refractivity contribution in [3.05, 3.63) is 35.4 Å². The van der Waals surface area contributed by atoms with Gasteiger partial charge in [0, 0.05) is 25.2 Å². The van der Waals surface area contributed by atoms with Crippen LogP contribution in [0.5, 0.6) is 0 Å². The molecule has 22 heavy (non-hydrogen) atoms. The molecular formula is C19H30O3. The standard InChI is InChI=1S/C19H30O3/c1-5-13-21-14-7-6-8-18(20)17-11-9-16(10-12-17)15-22-19(2,3)4/h9-12H,5-8,13-15H2,1-4H3. The number of ketones is 1. The van der Waals surface area contributed by atoms with Gasteiger partial charge in [-0.15, -0.1) is 0 Å². The summed E-state index contributed by atoms with van der Waals surface area (Å²) in [6.45, 7) is 10.3. The Morgan fingerprint density at radius 1 is 1.05 bits per heavy atom. The van der Waals surface area contributed by atoms with E-state index in [0.29, 0.717) is 13.0 Å². The summed E-state index contributed by atoms with van der Waals surface area (Å²) in [7, 11) is 0. The lowest BCUT2D eigenvalue weighted by Gasteiger charge is -2.19. The first-order valence-corrected chi connectivity index (χ1v) is 8.26. The van der Waals surface area contributed by atoms with Crippen LogP contribution < -0.4 is 0 Å². The lowest BCUT2D eigenvalue weighted by Crippen LogP contribution is -2.18. The number of hydrogen-bond acceptors (Lipinski definition) is 3. The van der Waals surface area contributed by atoms with Gasteiger partial charge in [0.1, 0.15) is 0 Å². The average molecular weight is 306 g/mol. The van der Waals surface area contributed by atoms with E-state index in [1.807, 2.05) is 45.0 Å². The number of carbonyl (C=O) groups excluding carboxylic acids is 1. The summed E-state index contributed by atoms with van der Waals surface area (Å²) in [5.74, 6) is 0.207. The van der Waals surface area contributed by atoms with Crippen molar-refractivity contribution >= 4 is 5.78 Å². The van der Waals surface area contributed by atoms with Crippen LogP contribution in [-0.2, 0) is 16.1 Å². The Bertz CT molecular complexity index is 429. The first-order valence-electron chi connectivity index (χ1n) is 8.26. The second-order valence-electron chi connectivity index (χ2n) is 6.59. The molecule has 0 saturated carbocycles. The maximum absolute atomic E-state index is 12.1. The Morgan fingerprint density at radius 3 is 2.32 bits per heavy atom. The summed E-state index contributed by atoms with van der Waals surface area (Å²) in [5, 5.41) is 0. The van der Waals surface area contributed by atoms with Gasteiger partial charge in [0.2, 0.25) is 0 Å². The topological polar surface area (TPSA) is 35.5 Å².